The fraction of sp³-hybridized carbons (Fsp3) is 0.350. The van der Waals surface area contributed by atoms with E-state index in [4.69, 9.17) is 0 Å². The maximum atomic E-state index is 12.7. The second-order valence-corrected chi connectivity index (χ2v) is 8.74. The second-order valence-electron chi connectivity index (χ2n) is 6.77. The predicted molar refractivity (Wildman–Crippen MR) is 105 cm³/mol. The zero-order valence-electron chi connectivity index (χ0n) is 15.7. The third kappa shape index (κ3) is 4.85. The number of aryl methyl sites for hydroxylation is 1. The average molecular weight is 375 g/mol. The Kier molecular flexibility index (Phi) is 6.42. The molecule has 6 heteroatoms. The Morgan fingerprint density at radius 2 is 1.62 bits per heavy atom. The van der Waals surface area contributed by atoms with Crippen molar-refractivity contribution in [3.8, 4) is 0 Å². The third-order valence-corrected chi connectivity index (χ3v) is 5.98. The molecule has 0 unspecified atom stereocenters. The maximum Gasteiger partial charge on any atom is 0.264 e. The standard InChI is InChI=1S/C20H26N2O3S/c1-15(2)13-14-21-20(23)17-7-9-18(10-8-17)22(4)26(24,25)19-11-5-16(3)6-12-19/h5-12,15H,13-14H2,1-4H3,(H,21,23). The number of carbonyl (C=O) groups is 1. The van der Waals surface area contributed by atoms with Crippen LogP contribution >= 0.6 is 0 Å². The molecule has 0 heterocycles. The summed E-state index contributed by atoms with van der Waals surface area (Å²) in [6.45, 7) is 6.74. The van der Waals surface area contributed by atoms with Crippen LogP contribution in [0.15, 0.2) is 53.4 Å². The molecule has 0 saturated heterocycles. The molecule has 26 heavy (non-hydrogen) atoms. The summed E-state index contributed by atoms with van der Waals surface area (Å²) in [6, 6.07) is 13.3. The largest absolute Gasteiger partial charge is 0.352 e. The van der Waals surface area contributed by atoms with Crippen molar-refractivity contribution < 1.29 is 13.2 Å². The molecule has 0 aliphatic rings. The number of rotatable bonds is 7. The Morgan fingerprint density at radius 3 is 2.15 bits per heavy atom. The molecule has 0 radical (unpaired) electrons. The average Bonchev–Trinajstić information content (AvgIpc) is 2.61. The normalized spacial score (nSPS) is 11.4. The lowest BCUT2D eigenvalue weighted by Crippen LogP contribution is -2.27. The predicted octanol–water partition coefficient (Wildman–Crippen LogP) is 3.60. The first-order valence-electron chi connectivity index (χ1n) is 8.65. The molecule has 0 spiro atoms. The van der Waals surface area contributed by atoms with Gasteiger partial charge in [-0.15, -0.1) is 0 Å². The Balaban J connectivity index is 2.11. The lowest BCUT2D eigenvalue weighted by Gasteiger charge is -2.20. The second kappa shape index (κ2) is 8.36. The van der Waals surface area contributed by atoms with Gasteiger partial charge in [-0.25, -0.2) is 8.42 Å². The van der Waals surface area contributed by atoms with Crippen molar-refractivity contribution in [2.75, 3.05) is 17.9 Å². The van der Waals surface area contributed by atoms with E-state index in [1.165, 1.54) is 11.4 Å². The van der Waals surface area contributed by atoms with Crippen LogP contribution in [-0.4, -0.2) is 27.9 Å². The number of anilines is 1. The van der Waals surface area contributed by atoms with Crippen LogP contribution in [0.3, 0.4) is 0 Å². The molecule has 140 valence electrons. The van der Waals surface area contributed by atoms with E-state index >= 15 is 0 Å². The molecule has 0 aliphatic carbocycles. The van der Waals surface area contributed by atoms with Crippen molar-refractivity contribution in [1.29, 1.82) is 0 Å². The van der Waals surface area contributed by atoms with Gasteiger partial charge in [-0.3, -0.25) is 9.10 Å². The number of hydrogen-bond donors (Lipinski definition) is 1. The van der Waals surface area contributed by atoms with Crippen LogP contribution in [0.2, 0.25) is 0 Å². The number of benzene rings is 2. The molecule has 1 amide bonds. The first-order chi connectivity index (χ1) is 12.2. The van der Waals surface area contributed by atoms with Crippen LogP contribution in [0.25, 0.3) is 0 Å². The third-order valence-electron chi connectivity index (χ3n) is 4.18. The molecule has 2 aromatic rings. The zero-order chi connectivity index (χ0) is 19.3. The van der Waals surface area contributed by atoms with Crippen molar-refractivity contribution in [3.63, 3.8) is 0 Å². The summed E-state index contributed by atoms with van der Waals surface area (Å²) in [5.74, 6) is 0.375. The molecule has 0 aliphatic heterocycles. The van der Waals surface area contributed by atoms with E-state index in [0.717, 1.165) is 12.0 Å². The van der Waals surface area contributed by atoms with Crippen molar-refractivity contribution >= 4 is 21.6 Å². The van der Waals surface area contributed by atoms with E-state index in [9.17, 15) is 13.2 Å². The van der Waals surface area contributed by atoms with Gasteiger partial charge in [-0.1, -0.05) is 31.5 Å². The summed E-state index contributed by atoms with van der Waals surface area (Å²) in [6.07, 6.45) is 0.918. The van der Waals surface area contributed by atoms with Crippen LogP contribution in [0.4, 0.5) is 5.69 Å². The van der Waals surface area contributed by atoms with Crippen molar-refractivity contribution in [2.45, 2.75) is 32.1 Å². The number of nitrogens with zero attached hydrogens (tertiary/aromatic N) is 1. The Hall–Kier alpha value is -2.34. The van der Waals surface area contributed by atoms with Crippen LogP contribution < -0.4 is 9.62 Å². The summed E-state index contributed by atoms with van der Waals surface area (Å²) in [7, 11) is -2.13. The monoisotopic (exact) mass is 374 g/mol. The number of hydrogen-bond acceptors (Lipinski definition) is 3. The molecule has 0 fully saturated rings. The quantitative estimate of drug-likeness (QED) is 0.805. The maximum absolute atomic E-state index is 12.7. The van der Waals surface area contributed by atoms with Crippen LogP contribution in [0, 0.1) is 12.8 Å². The van der Waals surface area contributed by atoms with Gasteiger partial charge in [0.05, 0.1) is 10.6 Å². The highest BCUT2D eigenvalue weighted by Crippen LogP contribution is 2.22. The van der Waals surface area contributed by atoms with Crippen LogP contribution in [0.5, 0.6) is 0 Å². The lowest BCUT2D eigenvalue weighted by molar-refractivity contribution is 0.0952. The molecule has 0 saturated carbocycles. The molecule has 0 atom stereocenters. The summed E-state index contributed by atoms with van der Waals surface area (Å²) >= 11 is 0. The van der Waals surface area contributed by atoms with Gasteiger partial charge < -0.3 is 5.32 Å². The van der Waals surface area contributed by atoms with Gasteiger partial charge in [0.25, 0.3) is 15.9 Å². The van der Waals surface area contributed by atoms with E-state index < -0.39 is 10.0 Å². The van der Waals surface area contributed by atoms with Gasteiger partial charge in [-0.2, -0.15) is 0 Å². The molecular weight excluding hydrogens is 348 g/mol. The van der Waals surface area contributed by atoms with E-state index in [2.05, 4.69) is 19.2 Å². The number of carbonyl (C=O) groups excluding carboxylic acids is 1. The minimum absolute atomic E-state index is 0.152. The van der Waals surface area contributed by atoms with Crippen LogP contribution in [-0.2, 0) is 10.0 Å². The van der Waals surface area contributed by atoms with Gasteiger partial charge in [0.2, 0.25) is 0 Å². The first-order valence-corrected chi connectivity index (χ1v) is 10.1. The highest BCUT2D eigenvalue weighted by Gasteiger charge is 2.21. The number of amides is 1. The molecule has 0 bridgehead atoms. The molecule has 1 N–H and O–H groups in total. The van der Waals surface area contributed by atoms with Crippen molar-refractivity contribution in [1.82, 2.24) is 5.32 Å². The topological polar surface area (TPSA) is 66.5 Å². The molecule has 5 nitrogen and oxygen atoms in total. The number of nitrogens with one attached hydrogen (secondary N) is 1. The molecule has 0 aromatic heterocycles. The summed E-state index contributed by atoms with van der Waals surface area (Å²) in [4.78, 5) is 12.4. The van der Waals surface area contributed by atoms with E-state index in [1.807, 2.05) is 6.92 Å². The Bertz CT molecular complexity index is 842. The van der Waals surface area contributed by atoms with E-state index in [-0.39, 0.29) is 10.8 Å². The molecular formula is C20H26N2O3S. The minimum Gasteiger partial charge on any atom is -0.352 e. The van der Waals surface area contributed by atoms with Gasteiger partial charge in [0.15, 0.2) is 0 Å². The van der Waals surface area contributed by atoms with E-state index in [0.29, 0.717) is 23.7 Å². The van der Waals surface area contributed by atoms with E-state index in [1.54, 1.807) is 48.5 Å². The van der Waals surface area contributed by atoms with Crippen molar-refractivity contribution in [2.24, 2.45) is 5.92 Å². The van der Waals surface area contributed by atoms with Gasteiger partial charge in [0, 0.05) is 19.2 Å². The highest BCUT2D eigenvalue weighted by molar-refractivity contribution is 7.92. The molecule has 2 aromatic carbocycles. The Morgan fingerprint density at radius 1 is 1.04 bits per heavy atom. The first kappa shape index (κ1) is 20.0. The van der Waals surface area contributed by atoms with Gasteiger partial charge in [0.1, 0.15) is 0 Å². The SMILES string of the molecule is Cc1ccc(S(=O)(=O)N(C)c2ccc(C(=O)NCCC(C)C)cc2)cc1. The summed E-state index contributed by atoms with van der Waals surface area (Å²) in [5, 5.41) is 2.87. The van der Waals surface area contributed by atoms with Crippen molar-refractivity contribution in [3.05, 3.63) is 59.7 Å². The smallest absolute Gasteiger partial charge is 0.264 e. The molecule has 2 rings (SSSR count). The zero-order valence-corrected chi connectivity index (χ0v) is 16.5. The summed E-state index contributed by atoms with van der Waals surface area (Å²) < 4.78 is 26.6. The van der Waals surface area contributed by atoms with Gasteiger partial charge in [-0.05, 0) is 55.7 Å². The lowest BCUT2D eigenvalue weighted by atomic mass is 10.1. The summed E-state index contributed by atoms with van der Waals surface area (Å²) in [5.41, 5.74) is 2.02. The number of sulfonamides is 1. The van der Waals surface area contributed by atoms with Crippen LogP contribution in [0.1, 0.15) is 36.2 Å². The Labute approximate surface area is 156 Å². The minimum atomic E-state index is -3.63. The fourth-order valence-corrected chi connectivity index (χ4v) is 3.60. The van der Waals surface area contributed by atoms with Gasteiger partial charge >= 0.3 is 0 Å². The highest BCUT2D eigenvalue weighted by atomic mass is 32.2. The fourth-order valence-electron chi connectivity index (χ4n) is 2.41.